The normalized spacial score (nSPS) is 22.8. The maximum Gasteiger partial charge on any atom is 0.227 e. The molecule has 0 spiro atoms. The van der Waals surface area contributed by atoms with Gasteiger partial charge in [0.05, 0.1) is 12.1 Å². The van der Waals surface area contributed by atoms with Gasteiger partial charge in [-0.05, 0) is 66.5 Å². The second-order valence-corrected chi connectivity index (χ2v) is 10.9. The molecule has 3 heterocycles. The van der Waals surface area contributed by atoms with Gasteiger partial charge in [0.25, 0.3) is 0 Å². The summed E-state index contributed by atoms with van der Waals surface area (Å²) in [6, 6.07) is 5.76. The second-order valence-electron chi connectivity index (χ2n) is 8.48. The molecule has 0 amide bonds. The lowest BCUT2D eigenvalue weighted by Crippen LogP contribution is -2.35. The summed E-state index contributed by atoms with van der Waals surface area (Å²) in [6.07, 6.45) is 4.43. The van der Waals surface area contributed by atoms with E-state index < -0.39 is 11.2 Å². The molecule has 2 aromatic rings. The molecule has 9 heteroatoms. The number of anilines is 2. The topological polar surface area (TPSA) is 84.3 Å². The lowest BCUT2D eigenvalue weighted by Gasteiger charge is -2.33. The highest BCUT2D eigenvalue weighted by atomic mass is 35.5. The fraction of sp³-hybridized carbons (Fsp3) is 0.524. The van der Waals surface area contributed by atoms with Crippen molar-refractivity contribution in [3.63, 3.8) is 0 Å². The quantitative estimate of drug-likeness (QED) is 0.652. The number of benzene rings is 1. The van der Waals surface area contributed by atoms with Crippen molar-refractivity contribution in [2.45, 2.75) is 48.5 Å². The van der Waals surface area contributed by atoms with Crippen LogP contribution in [0.3, 0.4) is 0 Å². The van der Waals surface area contributed by atoms with Crippen molar-refractivity contribution >= 4 is 46.1 Å². The minimum atomic E-state index is -1.08. The first-order valence-corrected chi connectivity index (χ1v) is 12.4. The van der Waals surface area contributed by atoms with E-state index in [0.717, 1.165) is 49.4 Å². The van der Waals surface area contributed by atoms with Crippen LogP contribution in [0.15, 0.2) is 23.1 Å². The molecule has 160 valence electrons. The van der Waals surface area contributed by atoms with Gasteiger partial charge in [-0.15, -0.1) is 0 Å². The zero-order chi connectivity index (χ0) is 20.9. The standard InChI is InChI=1S/C21H24Cl2N4O2S/c22-15-9-14(10-16(23)11-15)13-1-6-27(7-2-13)20-24-17-3-8-30(29)18(17)19(25-20)26-21(12-28)4-5-21/h9-11,13,28H,1-8,12H2,(H,24,25,26). The predicted molar refractivity (Wildman–Crippen MR) is 120 cm³/mol. The van der Waals surface area contributed by atoms with Crippen LogP contribution < -0.4 is 10.2 Å². The minimum absolute atomic E-state index is 0.0569. The number of piperidine rings is 1. The van der Waals surface area contributed by atoms with Crippen molar-refractivity contribution in [2.75, 3.05) is 35.7 Å². The SMILES string of the molecule is [O-][S+]1CCc2nc(N3CCC(c4cc(Cl)cc(Cl)c4)CC3)nc(NC3(CO)CC3)c21. The third kappa shape index (κ3) is 3.98. The molecule has 2 fully saturated rings. The number of aliphatic hydroxyl groups excluding tert-OH is 1. The summed E-state index contributed by atoms with van der Waals surface area (Å²) in [5, 5.41) is 14.4. The largest absolute Gasteiger partial charge is 0.611 e. The number of rotatable bonds is 5. The third-order valence-corrected chi connectivity index (χ3v) is 8.25. The van der Waals surface area contributed by atoms with Crippen LogP contribution in [-0.2, 0) is 17.6 Å². The highest BCUT2D eigenvalue weighted by molar-refractivity contribution is 7.91. The van der Waals surface area contributed by atoms with Gasteiger partial charge >= 0.3 is 0 Å². The smallest absolute Gasteiger partial charge is 0.227 e. The van der Waals surface area contributed by atoms with Crippen LogP contribution >= 0.6 is 23.2 Å². The number of nitrogens with one attached hydrogen (secondary N) is 1. The van der Waals surface area contributed by atoms with Crippen LogP contribution in [-0.4, -0.2) is 50.6 Å². The molecule has 0 radical (unpaired) electrons. The number of nitrogens with zero attached hydrogens (tertiary/aromatic N) is 3. The Kier molecular flexibility index (Phi) is 5.52. The van der Waals surface area contributed by atoms with Crippen molar-refractivity contribution in [1.82, 2.24) is 9.97 Å². The fourth-order valence-corrected chi connectivity index (χ4v) is 6.21. The number of halogens is 2. The highest BCUT2D eigenvalue weighted by Crippen LogP contribution is 2.42. The van der Waals surface area contributed by atoms with Gasteiger partial charge in [-0.1, -0.05) is 23.2 Å². The zero-order valence-electron chi connectivity index (χ0n) is 16.5. The Morgan fingerprint density at radius 1 is 1.17 bits per heavy atom. The maximum absolute atomic E-state index is 12.5. The van der Waals surface area contributed by atoms with E-state index in [1.54, 1.807) is 6.07 Å². The lowest BCUT2D eigenvalue weighted by atomic mass is 9.89. The molecule has 1 aliphatic carbocycles. The average molecular weight is 467 g/mol. The van der Waals surface area contributed by atoms with Crippen LogP contribution in [0, 0.1) is 0 Å². The molecule has 2 aliphatic heterocycles. The first kappa shape index (κ1) is 20.6. The van der Waals surface area contributed by atoms with Crippen molar-refractivity contribution in [3.05, 3.63) is 39.5 Å². The van der Waals surface area contributed by atoms with Crippen LogP contribution in [0.4, 0.5) is 11.8 Å². The predicted octanol–water partition coefficient (Wildman–Crippen LogP) is 3.77. The Balaban J connectivity index is 1.36. The lowest BCUT2D eigenvalue weighted by molar-refractivity contribution is 0.265. The third-order valence-electron chi connectivity index (χ3n) is 6.35. The second kappa shape index (κ2) is 8.02. The average Bonchev–Trinajstić information content (AvgIpc) is 3.41. The van der Waals surface area contributed by atoms with Gasteiger partial charge in [0.15, 0.2) is 5.82 Å². The van der Waals surface area contributed by atoms with Crippen LogP contribution in [0.5, 0.6) is 0 Å². The Bertz CT molecular complexity index is 944. The van der Waals surface area contributed by atoms with Crippen molar-refractivity contribution in [2.24, 2.45) is 0 Å². The number of aromatic nitrogens is 2. The fourth-order valence-electron chi connectivity index (χ4n) is 4.36. The van der Waals surface area contributed by atoms with E-state index in [1.165, 1.54) is 5.56 Å². The van der Waals surface area contributed by atoms with E-state index in [2.05, 4.69) is 10.2 Å². The van der Waals surface area contributed by atoms with E-state index in [-0.39, 0.29) is 12.1 Å². The number of aliphatic hydroxyl groups is 1. The molecular weight excluding hydrogens is 443 g/mol. The van der Waals surface area contributed by atoms with E-state index in [9.17, 15) is 9.66 Å². The van der Waals surface area contributed by atoms with Gasteiger partial charge in [0.2, 0.25) is 10.8 Å². The Morgan fingerprint density at radius 3 is 2.50 bits per heavy atom. The summed E-state index contributed by atoms with van der Waals surface area (Å²) in [4.78, 5) is 12.5. The van der Waals surface area contributed by atoms with Gasteiger partial charge in [-0.25, -0.2) is 4.98 Å². The molecule has 1 aromatic carbocycles. The number of hydrogen-bond donors (Lipinski definition) is 2. The van der Waals surface area contributed by atoms with Gasteiger partial charge in [-0.2, -0.15) is 4.98 Å². The molecular formula is C21H24Cl2N4O2S. The van der Waals surface area contributed by atoms with Crippen molar-refractivity contribution < 1.29 is 9.66 Å². The van der Waals surface area contributed by atoms with Gasteiger partial charge < -0.3 is 19.9 Å². The molecule has 2 N–H and O–H groups in total. The summed E-state index contributed by atoms with van der Waals surface area (Å²) in [5.41, 5.74) is 1.74. The van der Waals surface area contributed by atoms with Gasteiger partial charge in [0, 0.05) is 29.6 Å². The molecule has 1 saturated heterocycles. The van der Waals surface area contributed by atoms with Crippen LogP contribution in [0.2, 0.25) is 10.0 Å². The number of fused-ring (bicyclic) bond motifs is 1. The molecule has 0 bridgehead atoms. The summed E-state index contributed by atoms with van der Waals surface area (Å²) in [5.74, 6) is 2.32. The first-order valence-electron chi connectivity index (χ1n) is 10.4. The Morgan fingerprint density at radius 2 is 1.87 bits per heavy atom. The first-order chi connectivity index (χ1) is 14.5. The Hall–Kier alpha value is -1.25. The molecule has 1 atom stereocenters. The Labute approximate surface area is 189 Å². The zero-order valence-corrected chi connectivity index (χ0v) is 18.9. The monoisotopic (exact) mass is 466 g/mol. The number of aryl methyl sites for hydroxylation is 1. The van der Waals surface area contributed by atoms with Crippen LogP contribution in [0.1, 0.15) is 42.9 Å². The van der Waals surface area contributed by atoms with Gasteiger partial charge in [0.1, 0.15) is 11.4 Å². The molecule has 1 aromatic heterocycles. The summed E-state index contributed by atoms with van der Waals surface area (Å²) in [6.45, 7) is 1.73. The van der Waals surface area contributed by atoms with Crippen LogP contribution in [0.25, 0.3) is 0 Å². The molecule has 5 rings (SSSR count). The van der Waals surface area contributed by atoms with Crippen molar-refractivity contribution in [1.29, 1.82) is 0 Å². The van der Waals surface area contributed by atoms with E-state index in [0.29, 0.717) is 39.9 Å². The van der Waals surface area contributed by atoms with Crippen molar-refractivity contribution in [3.8, 4) is 0 Å². The van der Waals surface area contributed by atoms with Gasteiger partial charge in [-0.3, -0.25) is 0 Å². The molecule has 6 nitrogen and oxygen atoms in total. The summed E-state index contributed by atoms with van der Waals surface area (Å²) < 4.78 is 12.5. The molecule has 1 unspecified atom stereocenters. The van der Waals surface area contributed by atoms with E-state index >= 15 is 0 Å². The summed E-state index contributed by atoms with van der Waals surface area (Å²) >= 11 is 11.3. The summed E-state index contributed by atoms with van der Waals surface area (Å²) in [7, 11) is 0. The molecule has 30 heavy (non-hydrogen) atoms. The minimum Gasteiger partial charge on any atom is -0.611 e. The highest BCUT2D eigenvalue weighted by Gasteiger charge is 2.45. The van der Waals surface area contributed by atoms with E-state index in [4.69, 9.17) is 33.2 Å². The molecule has 3 aliphatic rings. The molecule has 1 saturated carbocycles. The maximum atomic E-state index is 12.5. The van der Waals surface area contributed by atoms with E-state index in [1.807, 2.05) is 12.1 Å². The number of hydrogen-bond acceptors (Lipinski definition) is 6.